The smallest absolute Gasteiger partial charge is 0.223 e. The van der Waals surface area contributed by atoms with Crippen LogP contribution >= 0.6 is 0 Å². The van der Waals surface area contributed by atoms with Crippen LogP contribution in [0.25, 0.3) is 0 Å². The number of hydrogen-bond acceptors (Lipinski definition) is 6. The third-order valence-electron chi connectivity index (χ3n) is 5.60. The minimum Gasteiger partial charge on any atom is -0.496 e. The summed E-state index contributed by atoms with van der Waals surface area (Å²) in [5.41, 5.74) is 0.819. The van der Waals surface area contributed by atoms with Gasteiger partial charge in [0.1, 0.15) is 11.8 Å². The van der Waals surface area contributed by atoms with Crippen LogP contribution in [0.2, 0.25) is 0 Å². The average molecular weight is 370 g/mol. The van der Waals surface area contributed by atoms with Crippen molar-refractivity contribution in [1.29, 1.82) is 0 Å². The lowest BCUT2D eigenvalue weighted by Gasteiger charge is -2.29. The third-order valence-corrected chi connectivity index (χ3v) is 5.60. The summed E-state index contributed by atoms with van der Waals surface area (Å²) in [6.45, 7) is 1.74. The van der Waals surface area contributed by atoms with Crippen LogP contribution in [-0.2, 0) is 4.79 Å². The van der Waals surface area contributed by atoms with Gasteiger partial charge in [0.25, 0.3) is 0 Å². The Balaban J connectivity index is 1.51. The summed E-state index contributed by atoms with van der Waals surface area (Å²) >= 11 is 0. The van der Waals surface area contributed by atoms with Gasteiger partial charge >= 0.3 is 0 Å². The maximum Gasteiger partial charge on any atom is 0.223 e. The van der Waals surface area contributed by atoms with E-state index < -0.39 is 6.04 Å². The molecule has 2 aliphatic heterocycles. The lowest BCUT2D eigenvalue weighted by molar-refractivity contribution is -0.122. The number of nitrogens with one attached hydrogen (secondary N) is 2. The molecule has 3 atom stereocenters. The molecule has 2 bridgehead atoms. The molecule has 3 unspecified atom stereocenters. The highest BCUT2D eigenvalue weighted by Crippen LogP contribution is 2.33. The Kier molecular flexibility index (Phi) is 5.11. The molecule has 0 radical (unpaired) electrons. The van der Waals surface area contributed by atoms with E-state index in [9.17, 15) is 4.79 Å². The lowest BCUT2D eigenvalue weighted by Crippen LogP contribution is -2.40. The van der Waals surface area contributed by atoms with Gasteiger partial charge in [0.15, 0.2) is 5.82 Å². The molecule has 2 fully saturated rings. The number of nitrogens with zero attached hydrogens (tertiary/aromatic N) is 2. The molecule has 1 aromatic carbocycles. The Morgan fingerprint density at radius 1 is 1.33 bits per heavy atom. The molecule has 3 heterocycles. The third kappa shape index (κ3) is 3.98. The SMILES string of the molecule is COc1ccccc1C(NC(=O)CC1CC2CCC(C1)N2)c1noc(C)n1. The molecule has 2 aliphatic rings. The van der Waals surface area contributed by atoms with E-state index in [1.165, 1.54) is 12.8 Å². The van der Waals surface area contributed by atoms with E-state index in [2.05, 4.69) is 20.8 Å². The van der Waals surface area contributed by atoms with Crippen molar-refractivity contribution in [3.05, 3.63) is 41.5 Å². The Labute approximate surface area is 158 Å². The fourth-order valence-electron chi connectivity index (χ4n) is 4.44. The van der Waals surface area contributed by atoms with Gasteiger partial charge in [0.2, 0.25) is 11.8 Å². The zero-order valence-electron chi connectivity index (χ0n) is 15.8. The topological polar surface area (TPSA) is 89.3 Å². The molecule has 0 spiro atoms. The van der Waals surface area contributed by atoms with E-state index in [1.54, 1.807) is 14.0 Å². The van der Waals surface area contributed by atoms with Gasteiger partial charge in [-0.15, -0.1) is 0 Å². The fourth-order valence-corrected chi connectivity index (χ4v) is 4.44. The first kappa shape index (κ1) is 18.0. The highest BCUT2D eigenvalue weighted by atomic mass is 16.5. The summed E-state index contributed by atoms with van der Waals surface area (Å²) in [6, 6.07) is 8.25. The van der Waals surface area contributed by atoms with E-state index in [0.717, 1.165) is 18.4 Å². The Bertz CT molecular complexity index is 794. The zero-order valence-corrected chi connectivity index (χ0v) is 15.8. The number of amides is 1. The number of piperidine rings is 1. The number of para-hydroxylation sites is 1. The number of benzene rings is 1. The van der Waals surface area contributed by atoms with Crippen LogP contribution in [0.15, 0.2) is 28.8 Å². The van der Waals surface area contributed by atoms with Gasteiger partial charge in [-0.3, -0.25) is 4.79 Å². The maximum atomic E-state index is 12.9. The molecule has 1 amide bonds. The van der Waals surface area contributed by atoms with Gasteiger partial charge in [-0.1, -0.05) is 23.4 Å². The van der Waals surface area contributed by atoms with Crippen LogP contribution in [0, 0.1) is 12.8 Å². The predicted molar refractivity (Wildman–Crippen MR) is 99.3 cm³/mol. The number of aryl methyl sites for hydroxylation is 1. The van der Waals surface area contributed by atoms with E-state index in [0.29, 0.717) is 41.9 Å². The van der Waals surface area contributed by atoms with Gasteiger partial charge in [-0.05, 0) is 37.7 Å². The maximum absolute atomic E-state index is 12.9. The van der Waals surface area contributed by atoms with Crippen LogP contribution in [0.3, 0.4) is 0 Å². The summed E-state index contributed by atoms with van der Waals surface area (Å²) < 4.78 is 10.6. The van der Waals surface area contributed by atoms with Crippen LogP contribution in [0.4, 0.5) is 0 Å². The number of hydrogen-bond donors (Lipinski definition) is 2. The second kappa shape index (κ2) is 7.68. The standard InChI is InChI=1S/C20H26N4O3/c1-12-21-20(24-27-12)19(16-5-3-4-6-17(16)26-2)23-18(25)11-13-9-14-7-8-15(10-13)22-14/h3-6,13-15,19,22H,7-11H2,1-2H3,(H,23,25). The minimum absolute atomic E-state index is 0.0136. The molecule has 1 aromatic heterocycles. The summed E-state index contributed by atoms with van der Waals surface area (Å²) in [5.74, 6) is 2.03. The second-order valence-electron chi connectivity index (χ2n) is 7.59. The highest BCUT2D eigenvalue weighted by Gasteiger charge is 2.35. The van der Waals surface area contributed by atoms with Crippen LogP contribution < -0.4 is 15.4 Å². The zero-order chi connectivity index (χ0) is 18.8. The molecular weight excluding hydrogens is 344 g/mol. The lowest BCUT2D eigenvalue weighted by atomic mass is 9.89. The van der Waals surface area contributed by atoms with Gasteiger partial charge in [-0.2, -0.15) is 4.98 Å². The molecule has 2 N–H and O–H groups in total. The first-order valence-corrected chi connectivity index (χ1v) is 9.61. The van der Waals surface area contributed by atoms with E-state index in [-0.39, 0.29) is 5.91 Å². The number of fused-ring (bicyclic) bond motifs is 2. The average Bonchev–Trinajstić information content (AvgIpc) is 3.24. The molecule has 144 valence electrons. The fraction of sp³-hybridized carbons (Fsp3) is 0.550. The summed E-state index contributed by atoms with van der Waals surface area (Å²) in [4.78, 5) is 17.2. The van der Waals surface area contributed by atoms with E-state index in [4.69, 9.17) is 9.26 Å². The van der Waals surface area contributed by atoms with Crippen molar-refractivity contribution in [1.82, 2.24) is 20.8 Å². The number of carbonyl (C=O) groups excluding carboxylic acids is 1. The van der Waals surface area contributed by atoms with Crippen LogP contribution in [0.1, 0.15) is 55.4 Å². The quantitative estimate of drug-likeness (QED) is 0.812. The molecule has 7 nitrogen and oxygen atoms in total. The van der Waals surface area contributed by atoms with E-state index >= 15 is 0 Å². The van der Waals surface area contributed by atoms with Crippen molar-refractivity contribution < 1.29 is 14.1 Å². The van der Waals surface area contributed by atoms with Crippen molar-refractivity contribution >= 4 is 5.91 Å². The molecule has 4 rings (SSSR count). The van der Waals surface area contributed by atoms with Crippen molar-refractivity contribution in [2.75, 3.05) is 7.11 Å². The largest absolute Gasteiger partial charge is 0.496 e. The Morgan fingerprint density at radius 3 is 2.74 bits per heavy atom. The van der Waals surface area contributed by atoms with Gasteiger partial charge in [-0.25, -0.2) is 0 Å². The molecule has 2 aromatic rings. The normalized spacial score (nSPS) is 25.2. The predicted octanol–water partition coefficient (Wildman–Crippen LogP) is 2.51. The van der Waals surface area contributed by atoms with E-state index in [1.807, 2.05) is 24.3 Å². The van der Waals surface area contributed by atoms with Gasteiger partial charge in [0, 0.05) is 31.0 Å². The second-order valence-corrected chi connectivity index (χ2v) is 7.59. The van der Waals surface area contributed by atoms with Crippen LogP contribution in [-0.4, -0.2) is 35.2 Å². The first-order valence-electron chi connectivity index (χ1n) is 9.61. The van der Waals surface area contributed by atoms with Gasteiger partial charge in [0.05, 0.1) is 7.11 Å². The number of rotatable bonds is 6. The Hall–Kier alpha value is -2.41. The van der Waals surface area contributed by atoms with Crippen molar-refractivity contribution in [2.24, 2.45) is 5.92 Å². The molecule has 7 heteroatoms. The molecule has 0 aliphatic carbocycles. The summed E-state index contributed by atoms with van der Waals surface area (Å²) in [6.07, 6.45) is 5.13. The Morgan fingerprint density at radius 2 is 2.07 bits per heavy atom. The molecule has 2 saturated heterocycles. The van der Waals surface area contributed by atoms with Crippen molar-refractivity contribution in [2.45, 2.75) is 57.2 Å². The molecule has 0 saturated carbocycles. The highest BCUT2D eigenvalue weighted by molar-refractivity contribution is 5.77. The number of aromatic nitrogens is 2. The summed E-state index contributed by atoms with van der Waals surface area (Å²) in [5, 5.41) is 10.8. The molecular formula is C20H26N4O3. The number of carbonyl (C=O) groups is 1. The van der Waals surface area contributed by atoms with Crippen molar-refractivity contribution in [3.8, 4) is 5.75 Å². The number of methoxy groups -OCH3 is 1. The monoisotopic (exact) mass is 370 g/mol. The van der Waals surface area contributed by atoms with Crippen LogP contribution in [0.5, 0.6) is 5.75 Å². The van der Waals surface area contributed by atoms with Crippen molar-refractivity contribution in [3.63, 3.8) is 0 Å². The first-order chi connectivity index (χ1) is 13.1. The molecule has 27 heavy (non-hydrogen) atoms. The van der Waals surface area contributed by atoms with Gasteiger partial charge < -0.3 is 19.9 Å². The summed E-state index contributed by atoms with van der Waals surface area (Å²) in [7, 11) is 1.62. The number of ether oxygens (including phenoxy) is 1. The minimum atomic E-state index is -0.496.